The van der Waals surface area contributed by atoms with Gasteiger partial charge in [0.2, 0.25) is 0 Å². The van der Waals surface area contributed by atoms with Gasteiger partial charge in [-0.25, -0.2) is 0 Å². The summed E-state index contributed by atoms with van der Waals surface area (Å²) in [5, 5.41) is 0. The Morgan fingerprint density at radius 3 is 1.82 bits per heavy atom. The topological polar surface area (TPSA) is 104 Å². The first-order valence-corrected chi connectivity index (χ1v) is 4.89. The Morgan fingerprint density at radius 1 is 0.647 bits per heavy atom. The molecule has 5 heteroatoms. The maximum atomic E-state index is 5.92. The Balaban J connectivity index is 0.00000144. The molecule has 8 N–H and O–H groups in total. The molecule has 0 fully saturated rings. The second-order valence-corrected chi connectivity index (χ2v) is 3.65. The zero-order valence-corrected chi connectivity index (χ0v) is 10.00. The van der Waals surface area contributed by atoms with Crippen molar-refractivity contribution in [3.05, 3.63) is 36.4 Å². The first-order valence-electron chi connectivity index (χ1n) is 4.89. The van der Waals surface area contributed by atoms with E-state index >= 15 is 0 Å². The standard InChI is InChI=1S/C12H14N4.ClH/c13-8-3-1-7(2-4-8)9-5-6-10(14)12(16)11(9)15;/h1-6H,13-16H2;1H. The average molecular weight is 251 g/mol. The molecular formula is C12H15ClN4. The molecule has 0 spiro atoms. The van der Waals surface area contributed by atoms with Crippen molar-refractivity contribution in [3.63, 3.8) is 0 Å². The van der Waals surface area contributed by atoms with Crippen LogP contribution in [0.5, 0.6) is 0 Å². The molecule has 0 unspecified atom stereocenters. The highest BCUT2D eigenvalue weighted by Gasteiger charge is 2.07. The molecule has 0 saturated carbocycles. The van der Waals surface area contributed by atoms with Crippen LogP contribution in [0.1, 0.15) is 0 Å². The lowest BCUT2D eigenvalue weighted by Gasteiger charge is -2.10. The van der Waals surface area contributed by atoms with Crippen LogP contribution in [0, 0.1) is 0 Å². The van der Waals surface area contributed by atoms with Crippen LogP contribution in [0.4, 0.5) is 22.7 Å². The van der Waals surface area contributed by atoms with Gasteiger partial charge in [0.15, 0.2) is 0 Å². The van der Waals surface area contributed by atoms with E-state index < -0.39 is 0 Å². The highest BCUT2D eigenvalue weighted by molar-refractivity contribution is 5.90. The fourth-order valence-electron chi connectivity index (χ4n) is 1.57. The monoisotopic (exact) mass is 250 g/mol. The lowest BCUT2D eigenvalue weighted by Crippen LogP contribution is -2.01. The lowest BCUT2D eigenvalue weighted by atomic mass is 10.0. The smallest absolute Gasteiger partial charge is 0.0787 e. The van der Waals surface area contributed by atoms with E-state index in [1.165, 1.54) is 0 Å². The van der Waals surface area contributed by atoms with Gasteiger partial charge in [0.05, 0.1) is 17.1 Å². The van der Waals surface area contributed by atoms with Crippen molar-refractivity contribution in [2.75, 3.05) is 22.9 Å². The van der Waals surface area contributed by atoms with Crippen LogP contribution < -0.4 is 22.9 Å². The van der Waals surface area contributed by atoms with Crippen LogP contribution >= 0.6 is 12.4 Å². The average Bonchev–Trinajstić information content (AvgIpc) is 2.28. The third kappa shape index (κ3) is 2.37. The van der Waals surface area contributed by atoms with Crippen molar-refractivity contribution in [1.29, 1.82) is 0 Å². The molecule has 0 bridgehead atoms. The fourth-order valence-corrected chi connectivity index (χ4v) is 1.57. The number of nitrogens with two attached hydrogens (primary N) is 4. The Kier molecular flexibility index (Phi) is 3.70. The van der Waals surface area contributed by atoms with Crippen molar-refractivity contribution < 1.29 is 0 Å². The van der Waals surface area contributed by atoms with Gasteiger partial charge in [0.25, 0.3) is 0 Å². The van der Waals surface area contributed by atoms with Crippen LogP contribution in [0.15, 0.2) is 36.4 Å². The van der Waals surface area contributed by atoms with Gasteiger partial charge in [0, 0.05) is 11.3 Å². The summed E-state index contributed by atoms with van der Waals surface area (Å²) in [7, 11) is 0. The van der Waals surface area contributed by atoms with Crippen LogP contribution in [0.3, 0.4) is 0 Å². The van der Waals surface area contributed by atoms with E-state index in [9.17, 15) is 0 Å². The molecule has 0 aliphatic carbocycles. The summed E-state index contributed by atoms with van der Waals surface area (Å²) in [6, 6.07) is 11.0. The van der Waals surface area contributed by atoms with Crippen molar-refractivity contribution in [1.82, 2.24) is 0 Å². The largest absolute Gasteiger partial charge is 0.399 e. The molecule has 2 aromatic rings. The molecule has 17 heavy (non-hydrogen) atoms. The predicted octanol–water partition coefficient (Wildman–Crippen LogP) is 2.10. The molecule has 90 valence electrons. The van der Waals surface area contributed by atoms with E-state index in [4.69, 9.17) is 22.9 Å². The van der Waals surface area contributed by atoms with Crippen molar-refractivity contribution in [3.8, 4) is 11.1 Å². The van der Waals surface area contributed by atoms with Crippen LogP contribution in [-0.2, 0) is 0 Å². The Morgan fingerprint density at radius 2 is 1.24 bits per heavy atom. The predicted molar refractivity (Wildman–Crippen MR) is 76.8 cm³/mol. The van der Waals surface area contributed by atoms with Crippen LogP contribution in [0.25, 0.3) is 11.1 Å². The van der Waals surface area contributed by atoms with E-state index in [0.29, 0.717) is 22.7 Å². The molecule has 0 atom stereocenters. The number of rotatable bonds is 1. The zero-order chi connectivity index (χ0) is 11.7. The first-order chi connectivity index (χ1) is 7.59. The second-order valence-electron chi connectivity index (χ2n) is 3.65. The molecule has 0 aliphatic rings. The molecule has 0 radical (unpaired) electrons. The summed E-state index contributed by atoms with van der Waals surface area (Å²) in [6.07, 6.45) is 0. The lowest BCUT2D eigenvalue weighted by molar-refractivity contribution is 1.59. The van der Waals surface area contributed by atoms with E-state index in [1.54, 1.807) is 6.07 Å². The molecule has 4 nitrogen and oxygen atoms in total. The van der Waals surface area contributed by atoms with E-state index in [2.05, 4.69) is 0 Å². The summed E-state index contributed by atoms with van der Waals surface area (Å²) in [5.74, 6) is 0. The van der Waals surface area contributed by atoms with Gasteiger partial charge in [0.1, 0.15) is 0 Å². The molecule has 0 heterocycles. The molecule has 0 aliphatic heterocycles. The number of hydrogen-bond donors (Lipinski definition) is 4. The number of anilines is 4. The molecule has 0 saturated heterocycles. The van der Waals surface area contributed by atoms with Crippen molar-refractivity contribution in [2.45, 2.75) is 0 Å². The van der Waals surface area contributed by atoms with Gasteiger partial charge in [-0.2, -0.15) is 0 Å². The van der Waals surface area contributed by atoms with Gasteiger partial charge >= 0.3 is 0 Å². The van der Waals surface area contributed by atoms with Crippen molar-refractivity contribution >= 4 is 35.2 Å². The first kappa shape index (κ1) is 13.0. The summed E-state index contributed by atoms with van der Waals surface area (Å²) in [6.45, 7) is 0. The maximum Gasteiger partial charge on any atom is 0.0787 e. The Labute approximate surface area is 106 Å². The molecule has 0 aromatic heterocycles. The zero-order valence-electron chi connectivity index (χ0n) is 9.18. The highest BCUT2D eigenvalue weighted by atomic mass is 35.5. The summed E-state index contributed by atoms with van der Waals surface area (Å²) < 4.78 is 0. The number of halogens is 1. The molecular weight excluding hydrogens is 236 g/mol. The quantitative estimate of drug-likeness (QED) is 0.582. The van der Waals surface area contributed by atoms with Gasteiger partial charge in [-0.1, -0.05) is 18.2 Å². The fraction of sp³-hybridized carbons (Fsp3) is 0. The summed E-state index contributed by atoms with van der Waals surface area (Å²) >= 11 is 0. The normalized spacial score (nSPS) is 9.65. The second kappa shape index (κ2) is 4.84. The number of benzene rings is 2. The molecule has 0 amide bonds. The molecule has 2 aromatic carbocycles. The Bertz CT molecular complexity index is 523. The minimum atomic E-state index is 0. The van der Waals surface area contributed by atoms with Crippen LogP contribution in [-0.4, -0.2) is 0 Å². The van der Waals surface area contributed by atoms with Gasteiger partial charge in [-0.15, -0.1) is 12.4 Å². The third-order valence-corrected chi connectivity index (χ3v) is 2.54. The summed E-state index contributed by atoms with van der Waals surface area (Å²) in [4.78, 5) is 0. The highest BCUT2D eigenvalue weighted by Crippen LogP contribution is 2.33. The third-order valence-electron chi connectivity index (χ3n) is 2.54. The SMILES string of the molecule is Cl.Nc1ccc(-c2ccc(N)c(N)c2N)cc1. The van der Waals surface area contributed by atoms with Gasteiger partial charge in [-0.05, 0) is 23.8 Å². The minimum absolute atomic E-state index is 0. The number of hydrogen-bond acceptors (Lipinski definition) is 4. The minimum Gasteiger partial charge on any atom is -0.399 e. The van der Waals surface area contributed by atoms with Gasteiger partial charge < -0.3 is 22.9 Å². The van der Waals surface area contributed by atoms with E-state index in [-0.39, 0.29) is 12.4 Å². The summed E-state index contributed by atoms with van der Waals surface area (Å²) in [5.41, 5.74) is 27.0. The van der Waals surface area contributed by atoms with E-state index in [1.807, 2.05) is 30.3 Å². The van der Waals surface area contributed by atoms with Gasteiger partial charge in [-0.3, -0.25) is 0 Å². The molecule has 2 rings (SSSR count). The van der Waals surface area contributed by atoms with E-state index in [0.717, 1.165) is 11.1 Å². The Hall–Kier alpha value is -2.07. The maximum absolute atomic E-state index is 5.92. The van der Waals surface area contributed by atoms with Crippen molar-refractivity contribution in [2.24, 2.45) is 0 Å². The number of nitrogen functional groups attached to an aromatic ring is 4. The van der Waals surface area contributed by atoms with Crippen LogP contribution in [0.2, 0.25) is 0 Å².